The number of carbonyl (C=O) groups excluding carboxylic acids is 1. The maximum Gasteiger partial charge on any atom is 0.329 e. The molecule has 0 atom stereocenters. The van der Waals surface area contributed by atoms with Crippen LogP contribution in [0.4, 0.5) is 0 Å². The van der Waals surface area contributed by atoms with Gasteiger partial charge in [-0.25, -0.2) is 9.59 Å². The molecule has 0 unspecified atom stereocenters. The Balaban J connectivity index is 0. The Morgan fingerprint density at radius 3 is 2.00 bits per heavy atom. The van der Waals surface area contributed by atoms with E-state index in [1.165, 1.54) is 13.2 Å². The molecule has 0 aliphatic rings. The molecule has 68 valence electrons. The van der Waals surface area contributed by atoms with Crippen LogP contribution in [0.2, 0.25) is 0 Å². The van der Waals surface area contributed by atoms with Crippen molar-refractivity contribution in [1.82, 2.24) is 0 Å². The highest BCUT2D eigenvalue weighted by atomic mass is 16.5. The Hall–Kier alpha value is -1.58. The summed E-state index contributed by atoms with van der Waals surface area (Å²) in [6.07, 6.45) is 3.67. The average molecular weight is 172 g/mol. The van der Waals surface area contributed by atoms with Crippen LogP contribution in [0.1, 0.15) is 6.92 Å². The number of carboxylic acid groups (broad SMARTS) is 1. The van der Waals surface area contributed by atoms with Crippen LogP contribution >= 0.6 is 0 Å². The van der Waals surface area contributed by atoms with Crippen LogP contribution in [0, 0.1) is 0 Å². The van der Waals surface area contributed by atoms with Gasteiger partial charge in [-0.3, -0.25) is 0 Å². The summed E-state index contributed by atoms with van der Waals surface area (Å²) in [5, 5.41) is 7.83. The molecule has 4 nitrogen and oxygen atoms in total. The van der Waals surface area contributed by atoms with Crippen LogP contribution in [0.15, 0.2) is 24.8 Å². The smallest absolute Gasteiger partial charge is 0.329 e. The van der Waals surface area contributed by atoms with Crippen LogP contribution in [0.25, 0.3) is 0 Å². The minimum Gasteiger partial charge on any atom is -0.478 e. The van der Waals surface area contributed by atoms with Crippen LogP contribution < -0.4 is 0 Å². The first-order valence-electron chi connectivity index (χ1n) is 3.14. The fourth-order valence-electron chi connectivity index (χ4n) is 0.226. The third kappa shape index (κ3) is 15.8. The Kier molecular flexibility index (Phi) is 10.2. The lowest BCUT2D eigenvalue weighted by Gasteiger charge is -1.83. The van der Waals surface area contributed by atoms with Crippen molar-refractivity contribution in [3.05, 3.63) is 24.8 Å². The number of aliphatic carboxylic acids is 1. The van der Waals surface area contributed by atoms with Crippen molar-refractivity contribution < 1.29 is 19.4 Å². The quantitative estimate of drug-likeness (QED) is 0.498. The molecule has 0 radical (unpaired) electrons. The van der Waals surface area contributed by atoms with Gasteiger partial charge in [-0.2, -0.15) is 0 Å². The zero-order chi connectivity index (χ0) is 9.98. The molecule has 0 amide bonds. The molecule has 1 N–H and O–H groups in total. The second kappa shape index (κ2) is 9.42. The first kappa shape index (κ1) is 13.0. The number of allylic oxidation sites excluding steroid dienone is 1. The summed E-state index contributed by atoms with van der Waals surface area (Å²) in [7, 11) is 1.31. The highest BCUT2D eigenvalue weighted by Gasteiger charge is 1.81. The van der Waals surface area contributed by atoms with E-state index in [9.17, 15) is 9.59 Å². The Labute approximate surface area is 71.2 Å². The molecule has 0 saturated heterocycles. The Morgan fingerprint density at radius 1 is 1.50 bits per heavy atom. The predicted molar refractivity (Wildman–Crippen MR) is 44.7 cm³/mol. The largest absolute Gasteiger partial charge is 0.478 e. The molecule has 0 aliphatic carbocycles. The van der Waals surface area contributed by atoms with E-state index in [0.29, 0.717) is 0 Å². The van der Waals surface area contributed by atoms with Gasteiger partial charge in [0.25, 0.3) is 0 Å². The van der Waals surface area contributed by atoms with Crippen molar-refractivity contribution in [3.8, 4) is 0 Å². The fourth-order valence-corrected chi connectivity index (χ4v) is 0.226. The van der Waals surface area contributed by atoms with Gasteiger partial charge in [0.05, 0.1) is 7.11 Å². The highest BCUT2D eigenvalue weighted by molar-refractivity contribution is 5.80. The third-order valence-electron chi connectivity index (χ3n) is 0.677. The lowest BCUT2D eigenvalue weighted by Crippen LogP contribution is -1.91. The zero-order valence-corrected chi connectivity index (χ0v) is 7.11. The van der Waals surface area contributed by atoms with Crippen molar-refractivity contribution >= 4 is 11.9 Å². The van der Waals surface area contributed by atoms with Crippen molar-refractivity contribution in [2.75, 3.05) is 7.11 Å². The SMILES string of the molecule is C=CC(=O)OC.CC=CC(=O)O. The van der Waals surface area contributed by atoms with E-state index in [1.54, 1.807) is 6.92 Å². The van der Waals surface area contributed by atoms with E-state index in [0.717, 1.165) is 12.2 Å². The minimum atomic E-state index is -0.891. The monoisotopic (exact) mass is 172 g/mol. The maximum absolute atomic E-state index is 9.84. The van der Waals surface area contributed by atoms with E-state index in [4.69, 9.17) is 5.11 Å². The molecule has 0 rings (SSSR count). The standard InChI is InChI=1S/2C4H6O2/c1-3-4(5)6-2;1-2-3-4(5)6/h3H,1H2,2H3;2-3H,1H3,(H,5,6). The summed E-state index contributed by atoms with van der Waals surface area (Å²) in [5.41, 5.74) is 0. The molecule has 0 spiro atoms. The highest BCUT2D eigenvalue weighted by Crippen LogP contribution is 1.67. The van der Waals surface area contributed by atoms with Gasteiger partial charge in [0, 0.05) is 12.2 Å². The molecule has 0 aliphatic heterocycles. The van der Waals surface area contributed by atoms with Gasteiger partial charge in [-0.05, 0) is 6.92 Å². The summed E-state index contributed by atoms with van der Waals surface area (Å²) < 4.78 is 4.14. The van der Waals surface area contributed by atoms with Gasteiger partial charge in [0.2, 0.25) is 0 Å². The van der Waals surface area contributed by atoms with Crippen molar-refractivity contribution in [2.45, 2.75) is 6.92 Å². The second-order valence-electron chi connectivity index (χ2n) is 1.57. The van der Waals surface area contributed by atoms with Crippen LogP contribution in [0.5, 0.6) is 0 Å². The molecule has 12 heavy (non-hydrogen) atoms. The van der Waals surface area contributed by atoms with E-state index >= 15 is 0 Å². The third-order valence-corrected chi connectivity index (χ3v) is 0.677. The molecule has 0 aromatic rings. The zero-order valence-electron chi connectivity index (χ0n) is 7.11. The number of ether oxygens (including phenoxy) is 1. The average Bonchev–Trinajstić information content (AvgIpc) is 2.04. The minimum absolute atomic E-state index is 0.394. The number of hydrogen-bond donors (Lipinski definition) is 1. The molecular weight excluding hydrogens is 160 g/mol. The first-order chi connectivity index (χ1) is 5.58. The van der Waals surface area contributed by atoms with Gasteiger partial charge in [-0.15, -0.1) is 0 Å². The Morgan fingerprint density at radius 2 is 2.00 bits per heavy atom. The summed E-state index contributed by atoms with van der Waals surface area (Å²) in [4.78, 5) is 19.4. The van der Waals surface area contributed by atoms with Crippen LogP contribution in [0.3, 0.4) is 0 Å². The van der Waals surface area contributed by atoms with Crippen molar-refractivity contribution in [2.24, 2.45) is 0 Å². The molecule has 0 fully saturated rings. The maximum atomic E-state index is 9.84. The van der Waals surface area contributed by atoms with Gasteiger partial charge >= 0.3 is 11.9 Å². The summed E-state index contributed by atoms with van der Waals surface area (Å²) in [5.74, 6) is -1.28. The number of carboxylic acids is 1. The van der Waals surface area contributed by atoms with E-state index in [-0.39, 0.29) is 0 Å². The molecule has 4 heteroatoms. The Bertz CT molecular complexity index is 181. The van der Waals surface area contributed by atoms with Crippen LogP contribution in [-0.4, -0.2) is 24.2 Å². The van der Waals surface area contributed by atoms with Crippen LogP contribution in [-0.2, 0) is 14.3 Å². The second-order valence-corrected chi connectivity index (χ2v) is 1.57. The summed E-state index contributed by atoms with van der Waals surface area (Å²) >= 11 is 0. The first-order valence-corrected chi connectivity index (χ1v) is 3.14. The van der Waals surface area contributed by atoms with E-state index in [2.05, 4.69) is 11.3 Å². The number of esters is 1. The van der Waals surface area contributed by atoms with Gasteiger partial charge in [-0.1, -0.05) is 12.7 Å². The molecule has 0 bridgehead atoms. The number of methoxy groups -OCH3 is 1. The lowest BCUT2D eigenvalue weighted by molar-refractivity contribution is -0.135. The van der Waals surface area contributed by atoms with Gasteiger partial charge in [0.15, 0.2) is 0 Å². The molecule has 0 aromatic heterocycles. The van der Waals surface area contributed by atoms with Crippen molar-refractivity contribution in [1.29, 1.82) is 0 Å². The number of hydrogen-bond acceptors (Lipinski definition) is 3. The van der Waals surface area contributed by atoms with Gasteiger partial charge < -0.3 is 9.84 Å². The van der Waals surface area contributed by atoms with Crippen molar-refractivity contribution in [3.63, 3.8) is 0 Å². The summed E-state index contributed by atoms with van der Waals surface area (Å²) in [6.45, 7) is 4.82. The molecule has 0 heterocycles. The van der Waals surface area contributed by atoms with E-state index in [1.807, 2.05) is 0 Å². The predicted octanol–water partition coefficient (Wildman–Crippen LogP) is 0.992. The molecular formula is C8H12O4. The molecule has 0 saturated carbocycles. The topological polar surface area (TPSA) is 63.6 Å². The van der Waals surface area contributed by atoms with Gasteiger partial charge in [0.1, 0.15) is 0 Å². The normalized spacial score (nSPS) is 8.17. The lowest BCUT2D eigenvalue weighted by atomic mass is 10.5. The fraction of sp³-hybridized carbons (Fsp3) is 0.250. The molecule has 0 aromatic carbocycles. The number of carbonyl (C=O) groups is 2. The number of rotatable bonds is 2. The summed E-state index contributed by atoms with van der Waals surface area (Å²) in [6, 6.07) is 0. The van der Waals surface area contributed by atoms with E-state index < -0.39 is 11.9 Å².